The molecule has 1 saturated heterocycles. The quantitative estimate of drug-likeness (QED) is 0.790. The Hall–Kier alpha value is -1.95. The summed E-state index contributed by atoms with van der Waals surface area (Å²) in [4.78, 5) is 16.7. The maximum absolute atomic E-state index is 12.6. The van der Waals surface area contributed by atoms with E-state index >= 15 is 0 Å². The highest BCUT2D eigenvalue weighted by Crippen LogP contribution is 2.37. The van der Waals surface area contributed by atoms with Crippen LogP contribution in [0.15, 0.2) is 12.1 Å². The Morgan fingerprint density at radius 1 is 1.20 bits per heavy atom. The van der Waals surface area contributed by atoms with E-state index in [1.165, 1.54) is 0 Å². The first kappa shape index (κ1) is 17.9. The van der Waals surface area contributed by atoms with Crippen molar-refractivity contribution >= 4 is 5.91 Å². The first-order valence-corrected chi connectivity index (χ1v) is 9.09. The Kier molecular flexibility index (Phi) is 5.68. The van der Waals surface area contributed by atoms with Crippen molar-refractivity contribution in [1.29, 1.82) is 0 Å². The Bertz CT molecular complexity index is 620. The molecule has 6 heteroatoms. The molecule has 25 heavy (non-hydrogen) atoms. The number of fused-ring (bicyclic) bond motifs is 1. The van der Waals surface area contributed by atoms with Crippen molar-refractivity contribution in [2.75, 3.05) is 40.5 Å². The number of benzene rings is 1. The lowest BCUT2D eigenvalue weighted by Gasteiger charge is -2.39. The molecule has 0 spiro atoms. The smallest absolute Gasteiger partial charge is 0.239 e. The summed E-state index contributed by atoms with van der Waals surface area (Å²) in [6.07, 6.45) is 3.04. The van der Waals surface area contributed by atoms with Gasteiger partial charge < -0.3 is 19.1 Å². The van der Waals surface area contributed by atoms with Gasteiger partial charge in [-0.05, 0) is 12.5 Å². The Balaban J connectivity index is 1.82. The van der Waals surface area contributed by atoms with Crippen LogP contribution in [-0.4, -0.2) is 62.2 Å². The van der Waals surface area contributed by atoms with Gasteiger partial charge in [0.15, 0.2) is 11.5 Å². The van der Waals surface area contributed by atoms with Gasteiger partial charge in [0.1, 0.15) is 19.0 Å². The summed E-state index contributed by atoms with van der Waals surface area (Å²) in [5.74, 6) is 2.48. The molecule has 0 aliphatic carbocycles. The fourth-order valence-electron chi connectivity index (χ4n) is 3.49. The van der Waals surface area contributed by atoms with E-state index in [4.69, 9.17) is 14.2 Å². The predicted molar refractivity (Wildman–Crippen MR) is 95.3 cm³/mol. The van der Waals surface area contributed by atoms with Crippen LogP contribution in [-0.2, 0) is 11.3 Å². The van der Waals surface area contributed by atoms with Gasteiger partial charge in [-0.3, -0.25) is 9.69 Å². The van der Waals surface area contributed by atoms with Crippen molar-refractivity contribution in [2.45, 2.75) is 38.8 Å². The molecule has 0 aromatic heterocycles. The molecule has 1 atom stereocenters. The summed E-state index contributed by atoms with van der Waals surface area (Å²) in [5, 5.41) is 0. The molecular weight excluding hydrogens is 320 g/mol. The highest BCUT2D eigenvalue weighted by Gasteiger charge is 2.33. The lowest BCUT2D eigenvalue weighted by molar-refractivity contribution is -0.140. The zero-order chi connectivity index (χ0) is 17.8. The third-order valence-corrected chi connectivity index (χ3v) is 4.97. The van der Waals surface area contributed by atoms with Crippen LogP contribution in [0.5, 0.6) is 17.2 Å². The second-order valence-corrected chi connectivity index (χ2v) is 6.70. The minimum absolute atomic E-state index is 0.0587. The molecule has 1 amide bonds. The summed E-state index contributed by atoms with van der Waals surface area (Å²) < 4.78 is 16.9. The predicted octanol–water partition coefficient (Wildman–Crippen LogP) is 2.30. The van der Waals surface area contributed by atoms with Crippen LogP contribution in [0.1, 0.15) is 31.7 Å². The topological polar surface area (TPSA) is 51.2 Å². The first-order chi connectivity index (χ1) is 12.1. The summed E-state index contributed by atoms with van der Waals surface area (Å²) in [6.45, 7) is 5.58. The molecule has 2 heterocycles. The van der Waals surface area contributed by atoms with Gasteiger partial charge in [0, 0.05) is 38.3 Å². The lowest BCUT2D eigenvalue weighted by Crippen LogP contribution is -2.55. The van der Waals surface area contributed by atoms with E-state index in [-0.39, 0.29) is 11.9 Å². The van der Waals surface area contributed by atoms with E-state index in [1.54, 1.807) is 7.11 Å². The van der Waals surface area contributed by atoms with E-state index in [0.717, 1.165) is 55.2 Å². The van der Waals surface area contributed by atoms with Gasteiger partial charge in [0.25, 0.3) is 0 Å². The number of rotatable bonds is 6. The van der Waals surface area contributed by atoms with Gasteiger partial charge >= 0.3 is 0 Å². The number of likely N-dealkylation sites (N-methyl/N-ethyl adjacent to an activating group) is 1. The number of hydrogen-bond acceptors (Lipinski definition) is 5. The average molecular weight is 348 g/mol. The van der Waals surface area contributed by atoms with Gasteiger partial charge in [-0.25, -0.2) is 0 Å². The number of piperazine rings is 1. The number of nitrogens with zero attached hydrogens (tertiary/aromatic N) is 2. The average Bonchev–Trinajstić information content (AvgIpc) is 2.63. The van der Waals surface area contributed by atoms with Gasteiger partial charge in [-0.2, -0.15) is 0 Å². The normalized spacial score (nSPS) is 20.7. The molecule has 0 radical (unpaired) electrons. The molecule has 0 N–H and O–H groups in total. The number of hydrogen-bond donors (Lipinski definition) is 0. The lowest BCUT2D eigenvalue weighted by atomic mass is 10.0. The minimum atomic E-state index is -0.0587. The summed E-state index contributed by atoms with van der Waals surface area (Å²) in [7, 11) is 3.56. The first-order valence-electron chi connectivity index (χ1n) is 9.09. The molecule has 3 rings (SSSR count). The second-order valence-electron chi connectivity index (χ2n) is 6.70. The highest BCUT2D eigenvalue weighted by atomic mass is 16.6. The van der Waals surface area contributed by atoms with Crippen LogP contribution in [0.25, 0.3) is 0 Å². The minimum Gasteiger partial charge on any atom is -0.496 e. The summed E-state index contributed by atoms with van der Waals surface area (Å²) >= 11 is 0. The molecule has 1 aromatic carbocycles. The van der Waals surface area contributed by atoms with E-state index in [1.807, 2.05) is 24.1 Å². The fourth-order valence-corrected chi connectivity index (χ4v) is 3.49. The van der Waals surface area contributed by atoms with E-state index < -0.39 is 0 Å². The molecule has 6 nitrogen and oxygen atoms in total. The standard InChI is InChI=1S/C19H28N2O4/c1-4-5-6-15-19(22)20(2)7-8-21(15)13-14-11-17-18(12-16(14)23-3)25-10-9-24-17/h11-12,15H,4-10,13H2,1-3H3. The summed E-state index contributed by atoms with van der Waals surface area (Å²) in [6, 6.07) is 3.83. The zero-order valence-electron chi connectivity index (χ0n) is 15.4. The molecule has 1 unspecified atom stereocenters. The molecular formula is C19H28N2O4. The van der Waals surface area contributed by atoms with Crippen LogP contribution >= 0.6 is 0 Å². The SMILES string of the molecule is CCCCC1C(=O)N(C)CCN1Cc1cc2c(cc1OC)OCCO2. The summed E-state index contributed by atoms with van der Waals surface area (Å²) in [5.41, 5.74) is 1.03. The van der Waals surface area contributed by atoms with Crippen LogP contribution in [0, 0.1) is 0 Å². The third kappa shape index (κ3) is 3.84. The maximum atomic E-state index is 12.6. The van der Waals surface area contributed by atoms with Crippen molar-refractivity contribution in [1.82, 2.24) is 9.80 Å². The van der Waals surface area contributed by atoms with Crippen molar-refractivity contribution in [3.8, 4) is 17.2 Å². The molecule has 2 aliphatic rings. The number of carbonyl (C=O) groups is 1. The van der Waals surface area contributed by atoms with E-state index in [9.17, 15) is 4.79 Å². The monoisotopic (exact) mass is 348 g/mol. The molecule has 1 aromatic rings. The van der Waals surface area contributed by atoms with Gasteiger partial charge in [-0.15, -0.1) is 0 Å². The van der Waals surface area contributed by atoms with Gasteiger partial charge in [0.2, 0.25) is 5.91 Å². The zero-order valence-corrected chi connectivity index (χ0v) is 15.4. The van der Waals surface area contributed by atoms with Crippen molar-refractivity contribution < 1.29 is 19.0 Å². The molecule has 0 bridgehead atoms. The third-order valence-electron chi connectivity index (χ3n) is 4.97. The number of carbonyl (C=O) groups excluding carboxylic acids is 1. The highest BCUT2D eigenvalue weighted by molar-refractivity contribution is 5.82. The molecule has 2 aliphatic heterocycles. The van der Waals surface area contributed by atoms with Crippen molar-refractivity contribution in [3.63, 3.8) is 0 Å². The molecule has 138 valence electrons. The number of unbranched alkanes of at least 4 members (excludes halogenated alkanes) is 1. The van der Waals surface area contributed by atoms with Gasteiger partial charge in [-0.1, -0.05) is 19.8 Å². The Labute approximate surface area is 149 Å². The number of ether oxygens (including phenoxy) is 3. The number of methoxy groups -OCH3 is 1. The largest absolute Gasteiger partial charge is 0.496 e. The van der Waals surface area contributed by atoms with Gasteiger partial charge in [0.05, 0.1) is 13.2 Å². The molecule has 0 saturated carbocycles. The van der Waals surface area contributed by atoms with Crippen molar-refractivity contribution in [2.24, 2.45) is 0 Å². The van der Waals surface area contributed by atoms with Crippen LogP contribution < -0.4 is 14.2 Å². The van der Waals surface area contributed by atoms with Crippen LogP contribution in [0.2, 0.25) is 0 Å². The van der Waals surface area contributed by atoms with E-state index in [0.29, 0.717) is 19.8 Å². The van der Waals surface area contributed by atoms with Crippen molar-refractivity contribution in [3.05, 3.63) is 17.7 Å². The van der Waals surface area contributed by atoms with E-state index in [2.05, 4.69) is 11.8 Å². The maximum Gasteiger partial charge on any atom is 0.239 e. The fraction of sp³-hybridized carbons (Fsp3) is 0.632. The number of amides is 1. The van der Waals surface area contributed by atoms with Crippen LogP contribution in [0.4, 0.5) is 0 Å². The Morgan fingerprint density at radius 2 is 1.92 bits per heavy atom. The second kappa shape index (κ2) is 7.95. The Morgan fingerprint density at radius 3 is 2.60 bits per heavy atom. The molecule has 1 fully saturated rings. The van der Waals surface area contributed by atoms with Crippen LogP contribution in [0.3, 0.4) is 0 Å².